The number of furan rings is 1. The van der Waals surface area contributed by atoms with Gasteiger partial charge < -0.3 is 14.0 Å². The Bertz CT molecular complexity index is 882. The van der Waals surface area contributed by atoms with Crippen molar-refractivity contribution < 1.29 is 27.3 Å². The van der Waals surface area contributed by atoms with Gasteiger partial charge in [0.2, 0.25) is 10.0 Å². The molecule has 1 unspecified atom stereocenters. The first-order chi connectivity index (χ1) is 11.9. The number of carbonyl (C=O) groups is 1. The van der Waals surface area contributed by atoms with Crippen LogP contribution in [0.5, 0.6) is 0 Å². The molecule has 2 aromatic heterocycles. The molecule has 3 rings (SSSR count). The molecule has 8 nitrogen and oxygen atoms in total. The summed E-state index contributed by atoms with van der Waals surface area (Å²) in [4.78, 5) is 11.2. The molecule has 1 atom stereocenters. The maximum atomic E-state index is 13.0. The fraction of sp³-hybridized carbons (Fsp3) is 0.375. The van der Waals surface area contributed by atoms with Crippen molar-refractivity contribution in [2.45, 2.75) is 24.7 Å². The van der Waals surface area contributed by atoms with E-state index in [-0.39, 0.29) is 29.4 Å². The largest absolute Gasteiger partial charge is 0.481 e. The lowest BCUT2D eigenvalue weighted by molar-refractivity contribution is -0.142. The van der Waals surface area contributed by atoms with Crippen LogP contribution in [0.3, 0.4) is 0 Å². The van der Waals surface area contributed by atoms with Crippen LogP contribution in [-0.4, -0.2) is 42.0 Å². The molecule has 0 amide bonds. The van der Waals surface area contributed by atoms with Crippen LogP contribution < -0.4 is 0 Å². The Morgan fingerprint density at radius 1 is 1.44 bits per heavy atom. The molecule has 0 spiro atoms. The first-order valence-corrected chi connectivity index (χ1v) is 9.24. The third kappa shape index (κ3) is 3.52. The molecule has 0 radical (unpaired) electrons. The van der Waals surface area contributed by atoms with Crippen LogP contribution in [0.4, 0.5) is 0 Å². The average molecular weight is 366 g/mol. The first-order valence-electron chi connectivity index (χ1n) is 7.80. The van der Waals surface area contributed by atoms with Crippen LogP contribution in [0, 0.1) is 12.8 Å². The van der Waals surface area contributed by atoms with Gasteiger partial charge in [0.25, 0.3) is 0 Å². The summed E-state index contributed by atoms with van der Waals surface area (Å²) < 4.78 is 37.5. The third-order valence-corrected chi connectivity index (χ3v) is 6.13. The second-order valence-corrected chi connectivity index (χ2v) is 7.73. The van der Waals surface area contributed by atoms with Crippen molar-refractivity contribution in [3.63, 3.8) is 0 Å². The van der Waals surface area contributed by atoms with Crippen molar-refractivity contribution in [1.29, 1.82) is 0 Å². The number of sulfonamides is 1. The van der Waals surface area contributed by atoms with Crippen LogP contribution >= 0.6 is 0 Å². The Morgan fingerprint density at radius 3 is 2.92 bits per heavy atom. The van der Waals surface area contributed by atoms with Gasteiger partial charge >= 0.3 is 5.97 Å². The zero-order valence-electron chi connectivity index (χ0n) is 13.6. The number of aliphatic carboxylic acids is 1. The number of carboxylic acid groups (broad SMARTS) is 1. The van der Waals surface area contributed by atoms with Crippen molar-refractivity contribution in [2.75, 3.05) is 13.1 Å². The van der Waals surface area contributed by atoms with Gasteiger partial charge in [-0.3, -0.25) is 4.79 Å². The van der Waals surface area contributed by atoms with Crippen molar-refractivity contribution in [2.24, 2.45) is 5.92 Å². The van der Waals surface area contributed by atoms with Gasteiger partial charge in [0, 0.05) is 13.1 Å². The number of hydrogen-bond acceptors (Lipinski definition) is 6. The van der Waals surface area contributed by atoms with Crippen LogP contribution in [0.1, 0.15) is 30.1 Å². The Labute approximate surface area is 144 Å². The topological polar surface area (TPSA) is 114 Å². The highest BCUT2D eigenvalue weighted by atomic mass is 32.2. The minimum atomic E-state index is -3.91. The lowest BCUT2D eigenvalue weighted by Gasteiger charge is -2.29. The molecule has 0 saturated carbocycles. The molecule has 134 valence electrons. The number of hydrogen-bond donors (Lipinski definition) is 1. The van der Waals surface area contributed by atoms with Gasteiger partial charge in [-0.1, -0.05) is 5.16 Å². The van der Waals surface area contributed by atoms with E-state index in [1.54, 1.807) is 25.1 Å². The first kappa shape index (κ1) is 17.4. The van der Waals surface area contributed by atoms with Gasteiger partial charge in [-0.25, -0.2) is 8.42 Å². The third-order valence-electron chi connectivity index (χ3n) is 4.11. The van der Waals surface area contributed by atoms with Gasteiger partial charge in [-0.05, 0) is 44.1 Å². The highest BCUT2D eigenvalue weighted by molar-refractivity contribution is 7.89. The summed E-state index contributed by atoms with van der Waals surface area (Å²) in [5, 5.41) is 12.9. The van der Waals surface area contributed by atoms with Crippen LogP contribution in [0.25, 0.3) is 12.2 Å². The van der Waals surface area contributed by atoms with Gasteiger partial charge in [0.1, 0.15) is 11.5 Å². The second-order valence-electron chi connectivity index (χ2n) is 5.85. The lowest BCUT2D eigenvalue weighted by Crippen LogP contribution is -2.42. The van der Waals surface area contributed by atoms with E-state index in [4.69, 9.17) is 8.94 Å². The Hall–Kier alpha value is -2.39. The van der Waals surface area contributed by atoms with E-state index < -0.39 is 21.9 Å². The predicted octanol–water partition coefficient (Wildman–Crippen LogP) is 2.23. The SMILES string of the molecule is Cc1noc(/C=C/c2ccco2)c1S(=O)(=O)N1CCCC(C(=O)O)C1. The summed E-state index contributed by atoms with van der Waals surface area (Å²) in [6.07, 6.45) is 5.52. The number of aryl methyl sites for hydroxylation is 1. The lowest BCUT2D eigenvalue weighted by atomic mass is 10.0. The van der Waals surface area contributed by atoms with Crippen molar-refractivity contribution in [3.05, 3.63) is 35.6 Å². The second kappa shape index (κ2) is 6.85. The van der Waals surface area contributed by atoms with Crippen molar-refractivity contribution >= 4 is 28.1 Å². The Balaban J connectivity index is 1.92. The van der Waals surface area contributed by atoms with E-state index in [1.807, 2.05) is 0 Å². The fourth-order valence-corrected chi connectivity index (χ4v) is 4.61. The average Bonchev–Trinajstić information content (AvgIpc) is 3.22. The molecular weight excluding hydrogens is 348 g/mol. The Kier molecular flexibility index (Phi) is 4.78. The van der Waals surface area contributed by atoms with E-state index in [1.165, 1.54) is 16.6 Å². The maximum absolute atomic E-state index is 13.0. The number of nitrogens with zero attached hydrogens (tertiary/aromatic N) is 2. The molecule has 2 aromatic rings. The van der Waals surface area contributed by atoms with E-state index in [0.29, 0.717) is 18.6 Å². The summed E-state index contributed by atoms with van der Waals surface area (Å²) in [5.74, 6) is -1.06. The molecule has 1 fully saturated rings. The molecule has 1 aliphatic heterocycles. The van der Waals surface area contributed by atoms with E-state index in [9.17, 15) is 18.3 Å². The highest BCUT2D eigenvalue weighted by Crippen LogP contribution is 2.29. The van der Waals surface area contributed by atoms with Crippen molar-refractivity contribution in [3.8, 4) is 0 Å². The highest BCUT2D eigenvalue weighted by Gasteiger charge is 2.36. The summed E-state index contributed by atoms with van der Waals surface area (Å²) in [5.41, 5.74) is 0.233. The van der Waals surface area contributed by atoms with Crippen LogP contribution in [-0.2, 0) is 14.8 Å². The molecule has 9 heteroatoms. The molecule has 1 saturated heterocycles. The molecule has 0 bridgehead atoms. The normalized spacial score (nSPS) is 19.5. The van der Waals surface area contributed by atoms with Crippen molar-refractivity contribution in [1.82, 2.24) is 9.46 Å². The van der Waals surface area contributed by atoms with E-state index in [2.05, 4.69) is 5.16 Å². The molecule has 3 heterocycles. The van der Waals surface area contributed by atoms with E-state index >= 15 is 0 Å². The fourth-order valence-electron chi connectivity index (χ4n) is 2.83. The van der Waals surface area contributed by atoms with Gasteiger partial charge in [-0.2, -0.15) is 4.31 Å². The van der Waals surface area contributed by atoms with Gasteiger partial charge in [0.15, 0.2) is 10.7 Å². The smallest absolute Gasteiger partial charge is 0.307 e. The molecule has 0 aromatic carbocycles. The number of aromatic nitrogens is 1. The van der Waals surface area contributed by atoms with Gasteiger partial charge in [0.05, 0.1) is 12.2 Å². The summed E-state index contributed by atoms with van der Waals surface area (Å²) in [6.45, 7) is 1.76. The zero-order chi connectivity index (χ0) is 18.0. The molecule has 25 heavy (non-hydrogen) atoms. The zero-order valence-corrected chi connectivity index (χ0v) is 14.4. The van der Waals surface area contributed by atoms with Crippen LogP contribution in [0.15, 0.2) is 32.2 Å². The van der Waals surface area contributed by atoms with Crippen LogP contribution in [0.2, 0.25) is 0 Å². The summed E-state index contributed by atoms with van der Waals surface area (Å²) in [7, 11) is -3.91. The predicted molar refractivity (Wildman–Crippen MR) is 88.0 cm³/mol. The standard InChI is InChI=1S/C16H18N2O6S/c1-11-15(14(24-17-11)7-6-13-5-3-9-23-13)25(21,22)18-8-2-4-12(10-18)16(19)20/h3,5-7,9,12H,2,4,8,10H2,1H3,(H,19,20)/b7-6+. The Morgan fingerprint density at radius 2 is 2.24 bits per heavy atom. The molecule has 1 aliphatic rings. The number of piperidine rings is 1. The maximum Gasteiger partial charge on any atom is 0.307 e. The summed E-state index contributed by atoms with van der Waals surface area (Å²) >= 11 is 0. The quantitative estimate of drug-likeness (QED) is 0.863. The molecule has 0 aliphatic carbocycles. The monoisotopic (exact) mass is 366 g/mol. The molecule has 1 N–H and O–H groups in total. The summed E-state index contributed by atoms with van der Waals surface area (Å²) in [6, 6.07) is 3.43. The minimum Gasteiger partial charge on any atom is -0.481 e. The minimum absolute atomic E-state index is 0.0404. The number of carboxylic acids is 1. The van der Waals surface area contributed by atoms with E-state index in [0.717, 1.165) is 0 Å². The number of rotatable bonds is 5. The molecular formula is C16H18N2O6S. The van der Waals surface area contributed by atoms with Gasteiger partial charge in [-0.15, -0.1) is 0 Å².